The van der Waals surface area contributed by atoms with E-state index in [0.29, 0.717) is 35.2 Å². The van der Waals surface area contributed by atoms with Crippen molar-refractivity contribution in [1.29, 1.82) is 0 Å². The minimum atomic E-state index is -0.802. The van der Waals surface area contributed by atoms with Crippen molar-refractivity contribution in [2.45, 2.75) is 25.6 Å². The Morgan fingerprint density at radius 1 is 0.610 bits per heavy atom. The lowest BCUT2D eigenvalue weighted by molar-refractivity contribution is -0.123. The summed E-state index contributed by atoms with van der Waals surface area (Å²) in [6.45, 7) is 0.372. The molecule has 0 saturated heterocycles. The van der Waals surface area contributed by atoms with Crippen LogP contribution < -0.4 is 29.6 Å². The van der Waals surface area contributed by atoms with Crippen molar-refractivity contribution in [2.24, 2.45) is 0 Å². The van der Waals surface area contributed by atoms with Gasteiger partial charge in [-0.25, -0.2) is 0 Å². The number of hydrogen-bond acceptors (Lipinski definition) is 6. The molecule has 0 aromatic heterocycles. The van der Waals surface area contributed by atoms with Crippen LogP contribution in [0.1, 0.15) is 28.4 Å². The molecule has 0 unspecified atom stereocenters. The van der Waals surface area contributed by atoms with Gasteiger partial charge >= 0.3 is 0 Å². The van der Waals surface area contributed by atoms with E-state index in [1.165, 1.54) is 0 Å². The van der Waals surface area contributed by atoms with Crippen molar-refractivity contribution in [2.75, 3.05) is 21.3 Å². The summed E-state index contributed by atoms with van der Waals surface area (Å²) < 4.78 is 22.0. The van der Waals surface area contributed by atoms with Crippen LogP contribution in [-0.4, -0.2) is 33.1 Å². The number of rotatable bonds is 13. The first-order chi connectivity index (χ1) is 20.0. The summed E-state index contributed by atoms with van der Waals surface area (Å²) in [6, 6.07) is 29.7. The van der Waals surface area contributed by atoms with Gasteiger partial charge in [-0.05, 0) is 58.7 Å². The van der Waals surface area contributed by atoms with E-state index in [1.807, 2.05) is 54.6 Å². The summed E-state index contributed by atoms with van der Waals surface area (Å²) in [5.74, 6) is 1.94. The second-order valence-electron chi connectivity index (χ2n) is 9.30. The third-order valence-electron chi connectivity index (χ3n) is 6.42. The topological polar surface area (TPSA) is 95.1 Å². The van der Waals surface area contributed by atoms with E-state index in [-0.39, 0.29) is 24.7 Å². The number of amides is 2. The van der Waals surface area contributed by atoms with Crippen molar-refractivity contribution in [1.82, 2.24) is 10.6 Å². The van der Waals surface area contributed by atoms with Crippen LogP contribution in [0.5, 0.6) is 23.0 Å². The van der Waals surface area contributed by atoms with Crippen molar-refractivity contribution >= 4 is 11.8 Å². The average Bonchev–Trinajstić information content (AvgIpc) is 3.01. The van der Waals surface area contributed by atoms with E-state index in [2.05, 4.69) is 10.6 Å². The molecule has 0 heterocycles. The average molecular weight is 555 g/mol. The molecule has 0 aliphatic carbocycles. The molecule has 4 aromatic rings. The summed E-state index contributed by atoms with van der Waals surface area (Å²) in [7, 11) is 4.73. The van der Waals surface area contributed by atoms with Crippen molar-refractivity contribution in [3.63, 3.8) is 0 Å². The number of nitrogens with one attached hydrogen (secondary N) is 2. The Hall–Kier alpha value is -4.98. The van der Waals surface area contributed by atoms with Gasteiger partial charge in [0.2, 0.25) is 11.8 Å². The molecule has 0 aliphatic rings. The van der Waals surface area contributed by atoms with Gasteiger partial charge in [-0.3, -0.25) is 9.59 Å². The quantitative estimate of drug-likeness (QED) is 0.226. The Morgan fingerprint density at radius 2 is 1.15 bits per heavy atom. The highest BCUT2D eigenvalue weighted by atomic mass is 16.5. The summed E-state index contributed by atoms with van der Waals surface area (Å²) in [5, 5.41) is 5.91. The molecule has 0 spiro atoms. The molecule has 0 bridgehead atoms. The fourth-order valence-corrected chi connectivity index (χ4v) is 4.20. The first-order valence-electron chi connectivity index (χ1n) is 13.2. The molecule has 0 aliphatic heterocycles. The number of benzene rings is 4. The second-order valence-corrected chi connectivity index (χ2v) is 9.30. The Bertz CT molecular complexity index is 1360. The first kappa shape index (κ1) is 29.0. The van der Waals surface area contributed by atoms with Crippen LogP contribution in [0, 0.1) is 0 Å². The van der Waals surface area contributed by atoms with Crippen molar-refractivity contribution in [3.8, 4) is 23.0 Å². The SMILES string of the molecule is COc1ccc(CC(=O)NC(NC(=O)Cc2ccc(OC)cc2)c2ccc(OCc3ccccc3)c(OC)c2)cc1. The smallest absolute Gasteiger partial charge is 0.226 e. The molecular weight excluding hydrogens is 520 g/mol. The van der Waals surface area contributed by atoms with Gasteiger partial charge in [0.05, 0.1) is 34.2 Å². The Kier molecular flexibility index (Phi) is 10.2. The molecule has 2 N–H and O–H groups in total. The molecule has 0 saturated carbocycles. The molecule has 0 fully saturated rings. The Balaban J connectivity index is 1.51. The second kappa shape index (κ2) is 14.4. The van der Waals surface area contributed by atoms with E-state index in [4.69, 9.17) is 18.9 Å². The number of carbonyl (C=O) groups is 2. The van der Waals surface area contributed by atoms with Crippen molar-refractivity contribution in [3.05, 3.63) is 119 Å². The third kappa shape index (κ3) is 8.50. The zero-order chi connectivity index (χ0) is 29.0. The van der Waals surface area contributed by atoms with Gasteiger partial charge in [-0.1, -0.05) is 60.7 Å². The number of carbonyl (C=O) groups excluding carboxylic acids is 2. The molecule has 0 radical (unpaired) electrons. The van der Waals surface area contributed by atoms with Crippen LogP contribution in [0.15, 0.2) is 97.1 Å². The van der Waals surface area contributed by atoms with E-state index in [0.717, 1.165) is 16.7 Å². The van der Waals surface area contributed by atoms with Crippen LogP contribution in [0.4, 0.5) is 0 Å². The zero-order valence-corrected chi connectivity index (χ0v) is 23.4. The molecule has 0 atom stereocenters. The summed E-state index contributed by atoms with van der Waals surface area (Å²) in [4.78, 5) is 26.2. The minimum Gasteiger partial charge on any atom is -0.497 e. The highest BCUT2D eigenvalue weighted by molar-refractivity contribution is 5.82. The van der Waals surface area contributed by atoms with Crippen molar-refractivity contribution < 1.29 is 28.5 Å². The van der Waals surface area contributed by atoms with E-state index >= 15 is 0 Å². The Morgan fingerprint density at radius 3 is 1.63 bits per heavy atom. The standard InChI is InChI=1S/C33H34N2O6/c1-38-27-14-9-23(10-15-27)19-31(36)34-33(35-32(37)20-24-11-16-28(39-2)17-12-24)26-13-18-29(30(21-26)40-3)41-22-25-7-5-4-6-8-25/h4-18,21,33H,19-20,22H2,1-3H3,(H,34,36)(H,35,37). The molecule has 8 heteroatoms. The van der Waals surface area contributed by atoms with Gasteiger partial charge in [-0.15, -0.1) is 0 Å². The van der Waals surface area contributed by atoms with E-state index in [1.54, 1.807) is 63.8 Å². The summed E-state index contributed by atoms with van der Waals surface area (Å²) in [5.41, 5.74) is 3.29. The van der Waals surface area contributed by atoms with E-state index in [9.17, 15) is 9.59 Å². The summed E-state index contributed by atoms with van der Waals surface area (Å²) >= 11 is 0. The number of hydrogen-bond donors (Lipinski definition) is 2. The number of ether oxygens (including phenoxy) is 4. The van der Waals surface area contributed by atoms with Gasteiger partial charge < -0.3 is 29.6 Å². The molecule has 41 heavy (non-hydrogen) atoms. The van der Waals surface area contributed by atoms with Crippen LogP contribution in [0.25, 0.3) is 0 Å². The fourth-order valence-electron chi connectivity index (χ4n) is 4.20. The predicted octanol–water partition coefficient (Wildman–Crippen LogP) is 5.01. The maximum absolute atomic E-state index is 13.1. The normalized spacial score (nSPS) is 10.5. The molecule has 2 amide bonds. The predicted molar refractivity (Wildman–Crippen MR) is 156 cm³/mol. The lowest BCUT2D eigenvalue weighted by Crippen LogP contribution is -2.42. The molecular formula is C33H34N2O6. The first-order valence-corrected chi connectivity index (χ1v) is 13.2. The van der Waals surface area contributed by atoms with Gasteiger partial charge in [0.1, 0.15) is 24.3 Å². The van der Waals surface area contributed by atoms with Crippen LogP contribution in [-0.2, 0) is 29.0 Å². The third-order valence-corrected chi connectivity index (χ3v) is 6.42. The highest BCUT2D eigenvalue weighted by Gasteiger charge is 2.20. The fraction of sp³-hybridized carbons (Fsp3) is 0.212. The maximum atomic E-state index is 13.1. The molecule has 4 aromatic carbocycles. The van der Waals surface area contributed by atoms with Gasteiger partial charge in [0.25, 0.3) is 0 Å². The van der Waals surface area contributed by atoms with Crippen LogP contribution in [0.3, 0.4) is 0 Å². The highest BCUT2D eigenvalue weighted by Crippen LogP contribution is 2.31. The minimum absolute atomic E-state index is 0.129. The monoisotopic (exact) mass is 554 g/mol. The lowest BCUT2D eigenvalue weighted by Gasteiger charge is -2.22. The van der Waals surface area contributed by atoms with Gasteiger partial charge in [0.15, 0.2) is 11.5 Å². The van der Waals surface area contributed by atoms with Gasteiger partial charge in [-0.2, -0.15) is 0 Å². The lowest BCUT2D eigenvalue weighted by atomic mass is 10.1. The van der Waals surface area contributed by atoms with E-state index < -0.39 is 6.17 Å². The summed E-state index contributed by atoms with van der Waals surface area (Å²) in [6.07, 6.45) is -0.544. The number of methoxy groups -OCH3 is 3. The van der Waals surface area contributed by atoms with Gasteiger partial charge in [0, 0.05) is 0 Å². The maximum Gasteiger partial charge on any atom is 0.226 e. The molecule has 8 nitrogen and oxygen atoms in total. The zero-order valence-electron chi connectivity index (χ0n) is 23.4. The Labute approximate surface area is 240 Å². The molecule has 212 valence electrons. The van der Waals surface area contributed by atoms with Crippen LogP contribution in [0.2, 0.25) is 0 Å². The van der Waals surface area contributed by atoms with Crippen LogP contribution >= 0.6 is 0 Å². The largest absolute Gasteiger partial charge is 0.497 e. The molecule has 4 rings (SSSR count).